The molecule has 1 rings (SSSR count). The van der Waals surface area contributed by atoms with E-state index < -0.39 is 16.2 Å². The summed E-state index contributed by atoms with van der Waals surface area (Å²) in [5.74, 6) is -0.228. The van der Waals surface area contributed by atoms with Crippen molar-refractivity contribution in [2.24, 2.45) is 0 Å². The first-order valence-corrected chi connectivity index (χ1v) is 8.60. The summed E-state index contributed by atoms with van der Waals surface area (Å²) in [7, 11) is -2.11. The topological polar surface area (TPSA) is 77.9 Å². The molecule has 0 aliphatic carbocycles. The minimum absolute atomic E-state index is 0.00467. The lowest BCUT2D eigenvalue weighted by Crippen LogP contribution is -2.43. The maximum Gasteiger partial charge on any atom is 0.304 e. The van der Waals surface area contributed by atoms with E-state index in [2.05, 4.69) is 13.8 Å². The van der Waals surface area contributed by atoms with Crippen LogP contribution in [0.5, 0.6) is 0 Å². The van der Waals surface area contributed by atoms with Crippen LogP contribution in [0.4, 0.5) is 0 Å². The molecule has 0 radical (unpaired) electrons. The second-order valence-corrected chi connectivity index (χ2v) is 9.07. The Morgan fingerprint density at radius 3 is 2.63 bits per heavy atom. The van der Waals surface area contributed by atoms with Gasteiger partial charge in [0.1, 0.15) is 0 Å². The molecule has 1 heterocycles. The molecule has 1 saturated heterocycles. The van der Waals surface area contributed by atoms with E-state index in [1.807, 2.05) is 0 Å². The van der Waals surface area contributed by atoms with Gasteiger partial charge in [-0.1, -0.05) is 13.8 Å². The molecule has 0 aromatic heterocycles. The Morgan fingerprint density at radius 2 is 2.05 bits per heavy atom. The van der Waals surface area contributed by atoms with E-state index in [1.54, 1.807) is 11.8 Å². The van der Waals surface area contributed by atoms with Gasteiger partial charge in [-0.2, -0.15) is 28.8 Å². The van der Waals surface area contributed by atoms with Crippen molar-refractivity contribution in [2.75, 3.05) is 32.4 Å². The van der Waals surface area contributed by atoms with Gasteiger partial charge in [0.2, 0.25) is 0 Å². The summed E-state index contributed by atoms with van der Waals surface area (Å²) in [6, 6.07) is 0. The average Bonchev–Trinajstić information content (AvgIpc) is 2.47. The van der Waals surface area contributed by atoms with Crippen molar-refractivity contribution in [3.8, 4) is 0 Å². The summed E-state index contributed by atoms with van der Waals surface area (Å²) >= 11 is 1.77. The zero-order chi connectivity index (χ0) is 14.7. The Kier molecular flexibility index (Phi) is 5.66. The third kappa shape index (κ3) is 4.94. The third-order valence-electron chi connectivity index (χ3n) is 3.16. The summed E-state index contributed by atoms with van der Waals surface area (Å²) < 4.78 is 27.3. The molecule has 0 atom stereocenters. The Labute approximate surface area is 119 Å². The largest absolute Gasteiger partial charge is 0.481 e. The van der Waals surface area contributed by atoms with Crippen LogP contribution in [0, 0.1) is 0 Å². The van der Waals surface area contributed by atoms with Gasteiger partial charge >= 0.3 is 5.97 Å². The number of carboxylic acid groups (broad SMARTS) is 1. The van der Waals surface area contributed by atoms with Crippen molar-refractivity contribution in [3.05, 3.63) is 0 Å². The number of aliphatic carboxylic acids is 1. The molecular weight excluding hydrogens is 288 g/mol. The van der Waals surface area contributed by atoms with Crippen LogP contribution in [-0.2, 0) is 15.0 Å². The highest BCUT2D eigenvalue weighted by Gasteiger charge is 2.32. The zero-order valence-electron chi connectivity index (χ0n) is 11.6. The van der Waals surface area contributed by atoms with E-state index in [4.69, 9.17) is 5.11 Å². The first kappa shape index (κ1) is 16.7. The van der Waals surface area contributed by atoms with Crippen LogP contribution in [-0.4, -0.2) is 65.3 Å². The number of thioether (sulfide) groups is 1. The van der Waals surface area contributed by atoms with Crippen molar-refractivity contribution in [1.82, 2.24) is 8.61 Å². The highest BCUT2D eigenvalue weighted by atomic mass is 32.2. The lowest BCUT2D eigenvalue weighted by molar-refractivity contribution is -0.137. The fourth-order valence-electron chi connectivity index (χ4n) is 1.80. The molecular formula is C11H22N2O4S2. The van der Waals surface area contributed by atoms with Crippen LogP contribution < -0.4 is 0 Å². The van der Waals surface area contributed by atoms with Gasteiger partial charge in [0.25, 0.3) is 10.2 Å². The van der Waals surface area contributed by atoms with Gasteiger partial charge in [-0.25, -0.2) is 0 Å². The van der Waals surface area contributed by atoms with Crippen LogP contribution >= 0.6 is 11.8 Å². The molecule has 0 unspecified atom stereocenters. The van der Waals surface area contributed by atoms with Gasteiger partial charge in [0.15, 0.2) is 0 Å². The lowest BCUT2D eigenvalue weighted by Gasteiger charge is -2.26. The van der Waals surface area contributed by atoms with Gasteiger partial charge in [-0.3, -0.25) is 4.79 Å². The van der Waals surface area contributed by atoms with Crippen molar-refractivity contribution in [1.29, 1.82) is 0 Å². The minimum Gasteiger partial charge on any atom is -0.481 e. The van der Waals surface area contributed by atoms with E-state index in [1.165, 1.54) is 11.4 Å². The summed E-state index contributed by atoms with van der Waals surface area (Å²) in [5.41, 5.74) is 0. The van der Waals surface area contributed by atoms with Crippen LogP contribution in [0.15, 0.2) is 0 Å². The predicted molar refractivity (Wildman–Crippen MR) is 76.5 cm³/mol. The monoisotopic (exact) mass is 310 g/mol. The molecule has 1 fully saturated rings. The van der Waals surface area contributed by atoms with Crippen molar-refractivity contribution >= 4 is 27.9 Å². The van der Waals surface area contributed by atoms with E-state index in [9.17, 15) is 13.2 Å². The van der Waals surface area contributed by atoms with Gasteiger partial charge in [-0.15, -0.1) is 0 Å². The van der Waals surface area contributed by atoms with Crippen LogP contribution in [0.1, 0.15) is 26.7 Å². The molecule has 0 aromatic rings. The Bertz CT molecular complexity index is 422. The molecule has 1 aliphatic rings. The second kappa shape index (κ2) is 6.43. The molecule has 112 valence electrons. The van der Waals surface area contributed by atoms with Gasteiger partial charge in [-0.05, 0) is 6.42 Å². The number of hydrogen-bond acceptors (Lipinski definition) is 4. The SMILES string of the molecule is CN(CCC(=O)O)S(=O)(=O)N1CCSC(C)(C)CC1. The Hall–Kier alpha value is -0.310. The normalized spacial score (nSPS) is 21.3. The number of nitrogens with zero attached hydrogens (tertiary/aromatic N) is 2. The molecule has 0 saturated carbocycles. The molecule has 19 heavy (non-hydrogen) atoms. The average molecular weight is 310 g/mol. The molecule has 0 amide bonds. The first-order chi connectivity index (χ1) is 8.65. The molecule has 0 bridgehead atoms. The fraction of sp³-hybridized carbons (Fsp3) is 0.909. The van der Waals surface area contributed by atoms with Crippen molar-refractivity contribution in [3.63, 3.8) is 0 Å². The predicted octanol–water partition coefficient (Wildman–Crippen LogP) is 0.855. The summed E-state index contributed by atoms with van der Waals surface area (Å²) in [4.78, 5) is 10.5. The van der Waals surface area contributed by atoms with Crippen LogP contribution in [0.3, 0.4) is 0 Å². The molecule has 1 aliphatic heterocycles. The Balaban J connectivity index is 2.68. The first-order valence-electron chi connectivity index (χ1n) is 6.22. The molecule has 1 N–H and O–H groups in total. The van der Waals surface area contributed by atoms with Crippen LogP contribution in [0.25, 0.3) is 0 Å². The number of carboxylic acids is 1. The van der Waals surface area contributed by atoms with Crippen molar-refractivity contribution < 1.29 is 18.3 Å². The quantitative estimate of drug-likeness (QED) is 0.815. The molecule has 0 aromatic carbocycles. The molecule has 8 heteroatoms. The fourth-order valence-corrected chi connectivity index (χ4v) is 4.37. The van der Waals surface area contributed by atoms with Crippen molar-refractivity contribution in [2.45, 2.75) is 31.4 Å². The van der Waals surface area contributed by atoms with Gasteiger partial charge in [0.05, 0.1) is 6.42 Å². The second-order valence-electron chi connectivity index (χ2n) is 5.23. The number of carbonyl (C=O) groups is 1. The number of hydrogen-bond donors (Lipinski definition) is 1. The maximum atomic E-state index is 12.3. The van der Waals surface area contributed by atoms with Gasteiger partial charge < -0.3 is 5.11 Å². The Morgan fingerprint density at radius 1 is 1.42 bits per heavy atom. The van der Waals surface area contributed by atoms with E-state index in [-0.39, 0.29) is 17.7 Å². The van der Waals surface area contributed by atoms with Gasteiger partial charge in [0, 0.05) is 37.2 Å². The molecule has 0 spiro atoms. The van der Waals surface area contributed by atoms with Crippen LogP contribution in [0.2, 0.25) is 0 Å². The van der Waals surface area contributed by atoms with E-state index >= 15 is 0 Å². The lowest BCUT2D eigenvalue weighted by atomic mass is 10.1. The maximum absolute atomic E-state index is 12.3. The third-order valence-corrected chi connectivity index (χ3v) is 6.52. The van der Waals surface area contributed by atoms with E-state index in [0.717, 1.165) is 16.5 Å². The summed E-state index contributed by atoms with van der Waals surface area (Å²) in [6.45, 7) is 5.20. The smallest absolute Gasteiger partial charge is 0.304 e. The number of rotatable bonds is 5. The highest BCUT2D eigenvalue weighted by molar-refractivity contribution is 8.00. The molecule has 6 nitrogen and oxygen atoms in total. The summed E-state index contributed by atoms with van der Waals surface area (Å²) in [6.07, 6.45) is 0.619. The minimum atomic E-state index is -3.54. The van der Waals surface area contributed by atoms with E-state index in [0.29, 0.717) is 13.1 Å². The standard InChI is InChI=1S/C11H22N2O4S2/c1-11(2)5-7-13(8-9-18-11)19(16,17)12(3)6-4-10(14)15/h4-9H2,1-3H3,(H,14,15). The zero-order valence-corrected chi connectivity index (χ0v) is 13.3. The highest BCUT2D eigenvalue weighted by Crippen LogP contribution is 2.31. The summed E-state index contributed by atoms with van der Waals surface area (Å²) in [5, 5.41) is 8.61.